The van der Waals surface area contributed by atoms with E-state index in [0.717, 1.165) is 0 Å². The van der Waals surface area contributed by atoms with Gasteiger partial charge in [-0.15, -0.1) is 0 Å². The Morgan fingerprint density at radius 1 is 1.15 bits per heavy atom. The maximum Gasteiger partial charge on any atom is 0.339 e. The molecule has 1 unspecified atom stereocenters. The summed E-state index contributed by atoms with van der Waals surface area (Å²) in [5.74, 6) is -1.79. The van der Waals surface area contributed by atoms with Crippen LogP contribution in [-0.2, 0) is 14.3 Å². The molecule has 0 saturated carbocycles. The first-order valence-electron chi connectivity index (χ1n) is 6.45. The van der Waals surface area contributed by atoms with Gasteiger partial charge in [0.2, 0.25) is 0 Å². The van der Waals surface area contributed by atoms with Crippen LogP contribution in [0.1, 0.15) is 38.1 Å². The normalized spacial score (nSPS) is 14.2. The summed E-state index contributed by atoms with van der Waals surface area (Å²) in [5.41, 5.74) is 5.52. The molecule has 0 saturated heterocycles. The van der Waals surface area contributed by atoms with E-state index in [1.807, 2.05) is 0 Å². The van der Waals surface area contributed by atoms with Crippen molar-refractivity contribution in [3.8, 4) is 0 Å². The monoisotopic (exact) mass is 279 g/mol. The van der Waals surface area contributed by atoms with Gasteiger partial charge >= 0.3 is 11.9 Å². The highest BCUT2D eigenvalue weighted by Crippen LogP contribution is 2.14. The molecule has 2 atom stereocenters. The van der Waals surface area contributed by atoms with Crippen molar-refractivity contribution in [2.75, 3.05) is 0 Å². The van der Waals surface area contributed by atoms with Crippen LogP contribution in [0.15, 0.2) is 30.3 Å². The van der Waals surface area contributed by atoms with Gasteiger partial charge in [0.15, 0.2) is 6.23 Å². The van der Waals surface area contributed by atoms with Gasteiger partial charge in [-0.25, -0.2) is 4.79 Å². The molecule has 2 N–H and O–H groups in total. The quantitative estimate of drug-likeness (QED) is 0.674. The van der Waals surface area contributed by atoms with Crippen LogP contribution >= 0.6 is 0 Å². The van der Waals surface area contributed by atoms with E-state index in [0.29, 0.717) is 5.56 Å². The number of benzene rings is 1. The average molecular weight is 279 g/mol. The van der Waals surface area contributed by atoms with Crippen LogP contribution in [0.2, 0.25) is 0 Å². The molecule has 0 aliphatic heterocycles. The van der Waals surface area contributed by atoms with Crippen LogP contribution in [0.5, 0.6) is 0 Å². The summed E-state index contributed by atoms with van der Waals surface area (Å²) in [6.45, 7) is 6.86. The SMILES string of the molecule is C[C@@H](C(=O)OC(C)(C)C)C(N)OC(=O)c1ccccc1. The minimum atomic E-state index is -1.04. The molecule has 0 bridgehead atoms. The predicted molar refractivity (Wildman–Crippen MR) is 74.8 cm³/mol. The first-order valence-corrected chi connectivity index (χ1v) is 6.45. The molecular formula is C15H21NO4. The lowest BCUT2D eigenvalue weighted by Gasteiger charge is -2.24. The Balaban J connectivity index is 2.60. The number of ether oxygens (including phenoxy) is 2. The number of rotatable bonds is 4. The van der Waals surface area contributed by atoms with Gasteiger partial charge in [0.25, 0.3) is 0 Å². The zero-order valence-corrected chi connectivity index (χ0v) is 12.3. The van der Waals surface area contributed by atoms with Gasteiger partial charge in [-0.3, -0.25) is 10.5 Å². The largest absolute Gasteiger partial charge is 0.460 e. The first kappa shape index (κ1) is 16.2. The highest BCUT2D eigenvalue weighted by Gasteiger charge is 2.29. The Labute approximate surface area is 119 Å². The molecule has 5 heteroatoms. The average Bonchev–Trinajstić information content (AvgIpc) is 2.36. The summed E-state index contributed by atoms with van der Waals surface area (Å²) in [5, 5.41) is 0. The second kappa shape index (κ2) is 6.52. The zero-order chi connectivity index (χ0) is 15.3. The summed E-state index contributed by atoms with van der Waals surface area (Å²) in [6.07, 6.45) is -1.04. The van der Waals surface area contributed by atoms with Gasteiger partial charge in [0, 0.05) is 0 Å². The molecular weight excluding hydrogens is 258 g/mol. The molecule has 0 heterocycles. The van der Waals surface area contributed by atoms with Crippen molar-refractivity contribution in [2.24, 2.45) is 11.7 Å². The molecule has 1 aromatic rings. The van der Waals surface area contributed by atoms with E-state index < -0.39 is 29.7 Å². The minimum absolute atomic E-state index is 0.388. The van der Waals surface area contributed by atoms with Crippen LogP contribution < -0.4 is 5.73 Å². The van der Waals surface area contributed by atoms with Crippen molar-refractivity contribution in [2.45, 2.75) is 39.5 Å². The van der Waals surface area contributed by atoms with Crippen LogP contribution in [0.4, 0.5) is 0 Å². The van der Waals surface area contributed by atoms with E-state index in [2.05, 4.69) is 0 Å². The molecule has 5 nitrogen and oxygen atoms in total. The fourth-order valence-electron chi connectivity index (χ4n) is 1.40. The summed E-state index contributed by atoms with van der Waals surface area (Å²) in [6, 6.07) is 8.47. The van der Waals surface area contributed by atoms with E-state index in [1.165, 1.54) is 0 Å². The molecule has 0 fully saturated rings. The highest BCUT2D eigenvalue weighted by molar-refractivity contribution is 5.89. The Morgan fingerprint density at radius 2 is 1.70 bits per heavy atom. The van der Waals surface area contributed by atoms with E-state index in [4.69, 9.17) is 15.2 Å². The summed E-state index contributed by atoms with van der Waals surface area (Å²) in [7, 11) is 0. The fraction of sp³-hybridized carbons (Fsp3) is 0.467. The summed E-state index contributed by atoms with van der Waals surface area (Å²) >= 11 is 0. The Bertz CT molecular complexity index is 465. The topological polar surface area (TPSA) is 78.6 Å². The molecule has 1 rings (SSSR count). The van der Waals surface area contributed by atoms with Gasteiger partial charge in [-0.05, 0) is 39.8 Å². The van der Waals surface area contributed by atoms with Crippen molar-refractivity contribution in [3.63, 3.8) is 0 Å². The van der Waals surface area contributed by atoms with Gasteiger partial charge in [0.05, 0.1) is 5.56 Å². The lowest BCUT2D eigenvalue weighted by atomic mass is 10.1. The van der Waals surface area contributed by atoms with E-state index >= 15 is 0 Å². The molecule has 1 aromatic carbocycles. The van der Waals surface area contributed by atoms with Crippen molar-refractivity contribution >= 4 is 11.9 Å². The van der Waals surface area contributed by atoms with Crippen LogP contribution in [0.25, 0.3) is 0 Å². The third kappa shape index (κ3) is 5.01. The predicted octanol–water partition coefficient (Wildman–Crippen LogP) is 2.11. The van der Waals surface area contributed by atoms with E-state index in [-0.39, 0.29) is 0 Å². The number of carbonyl (C=O) groups is 2. The molecule has 20 heavy (non-hydrogen) atoms. The minimum Gasteiger partial charge on any atom is -0.460 e. The van der Waals surface area contributed by atoms with Gasteiger partial charge in [-0.1, -0.05) is 18.2 Å². The Hall–Kier alpha value is -1.88. The van der Waals surface area contributed by atoms with Crippen molar-refractivity contribution < 1.29 is 19.1 Å². The molecule has 0 aromatic heterocycles. The molecule has 0 aliphatic carbocycles. The van der Waals surface area contributed by atoms with Crippen molar-refractivity contribution in [3.05, 3.63) is 35.9 Å². The number of nitrogens with two attached hydrogens (primary N) is 1. The van der Waals surface area contributed by atoms with Gasteiger partial charge in [0.1, 0.15) is 11.5 Å². The number of hydrogen-bond donors (Lipinski definition) is 1. The first-order chi connectivity index (χ1) is 9.20. The molecule has 110 valence electrons. The molecule has 0 spiro atoms. The summed E-state index contributed by atoms with van der Waals surface area (Å²) < 4.78 is 10.3. The third-order valence-electron chi connectivity index (χ3n) is 2.52. The van der Waals surface area contributed by atoms with Gasteiger partial charge in [-0.2, -0.15) is 0 Å². The lowest BCUT2D eigenvalue weighted by Crippen LogP contribution is -2.40. The zero-order valence-electron chi connectivity index (χ0n) is 12.3. The Morgan fingerprint density at radius 3 is 2.20 bits per heavy atom. The summed E-state index contributed by atoms with van der Waals surface area (Å²) in [4.78, 5) is 23.6. The highest BCUT2D eigenvalue weighted by atomic mass is 16.6. The number of hydrogen-bond acceptors (Lipinski definition) is 5. The number of esters is 2. The Kier molecular flexibility index (Phi) is 5.27. The van der Waals surface area contributed by atoms with E-state index in [9.17, 15) is 9.59 Å². The smallest absolute Gasteiger partial charge is 0.339 e. The second-order valence-corrected chi connectivity index (χ2v) is 5.56. The standard InChI is InChI=1S/C15H21NO4/c1-10(13(17)20-15(2,3)4)12(16)19-14(18)11-8-6-5-7-9-11/h5-10,12H,16H2,1-4H3/t10-,12?/m1/s1. The van der Waals surface area contributed by atoms with Crippen LogP contribution in [-0.4, -0.2) is 23.8 Å². The maximum atomic E-state index is 11.8. The van der Waals surface area contributed by atoms with Crippen molar-refractivity contribution in [1.82, 2.24) is 0 Å². The van der Waals surface area contributed by atoms with Crippen LogP contribution in [0, 0.1) is 5.92 Å². The third-order valence-corrected chi connectivity index (χ3v) is 2.52. The second-order valence-electron chi connectivity index (χ2n) is 5.56. The van der Waals surface area contributed by atoms with Gasteiger partial charge < -0.3 is 9.47 Å². The van der Waals surface area contributed by atoms with Crippen molar-refractivity contribution in [1.29, 1.82) is 0 Å². The van der Waals surface area contributed by atoms with E-state index in [1.54, 1.807) is 58.0 Å². The van der Waals surface area contributed by atoms with Crippen LogP contribution in [0.3, 0.4) is 0 Å². The number of carbonyl (C=O) groups excluding carboxylic acids is 2. The molecule has 0 aliphatic rings. The fourth-order valence-corrected chi connectivity index (χ4v) is 1.40. The molecule has 0 radical (unpaired) electrons. The molecule has 0 amide bonds. The maximum absolute atomic E-state index is 11.8. The lowest BCUT2D eigenvalue weighted by molar-refractivity contribution is -0.163.